The van der Waals surface area contributed by atoms with Crippen LogP contribution >= 0.6 is 11.3 Å². The first kappa shape index (κ1) is 21.9. The number of sulfone groups is 1. The molecule has 1 heterocycles. The molecule has 158 valence electrons. The molecule has 0 unspecified atom stereocenters. The van der Waals surface area contributed by atoms with Crippen molar-refractivity contribution >= 4 is 32.2 Å². The Kier molecular flexibility index (Phi) is 7.40. The average Bonchev–Trinajstić information content (AvgIpc) is 3.18. The minimum atomic E-state index is -3.59. The van der Waals surface area contributed by atoms with Crippen molar-refractivity contribution in [1.29, 1.82) is 0 Å². The van der Waals surface area contributed by atoms with Gasteiger partial charge in [0.05, 0.1) is 5.75 Å². The third-order valence-electron chi connectivity index (χ3n) is 5.56. The van der Waals surface area contributed by atoms with E-state index in [9.17, 15) is 13.2 Å². The third-order valence-corrected chi connectivity index (χ3v) is 8.54. The van der Waals surface area contributed by atoms with Crippen LogP contribution in [0.3, 0.4) is 0 Å². The highest BCUT2D eigenvalue weighted by atomic mass is 32.2. The molecule has 2 aromatic rings. The summed E-state index contributed by atoms with van der Waals surface area (Å²) in [6.07, 6.45) is 7.67. The summed E-state index contributed by atoms with van der Waals surface area (Å²) in [6, 6.07) is 7.36. The Morgan fingerprint density at radius 2 is 1.83 bits per heavy atom. The molecule has 0 saturated heterocycles. The number of amides is 1. The van der Waals surface area contributed by atoms with Gasteiger partial charge in [-0.15, -0.1) is 10.2 Å². The van der Waals surface area contributed by atoms with Crippen LogP contribution in [-0.2, 0) is 20.4 Å². The summed E-state index contributed by atoms with van der Waals surface area (Å²) in [5.74, 6) is 0.512. The molecule has 1 aliphatic carbocycles. The van der Waals surface area contributed by atoms with Crippen LogP contribution in [0.25, 0.3) is 0 Å². The maximum Gasteiger partial charge on any atom is 0.234 e. The minimum absolute atomic E-state index is 0.0237. The number of nitrogens with zero attached hydrogens (tertiary/aromatic N) is 2. The van der Waals surface area contributed by atoms with Crippen LogP contribution in [0, 0.1) is 18.8 Å². The Labute approximate surface area is 177 Å². The van der Waals surface area contributed by atoms with E-state index < -0.39 is 9.84 Å². The van der Waals surface area contributed by atoms with Crippen LogP contribution in [0.15, 0.2) is 28.6 Å². The summed E-state index contributed by atoms with van der Waals surface area (Å²) < 4.78 is 25.2. The predicted octanol–water partition coefficient (Wildman–Crippen LogP) is 4.76. The number of rotatable bonds is 8. The predicted molar refractivity (Wildman–Crippen MR) is 116 cm³/mol. The zero-order valence-corrected chi connectivity index (χ0v) is 18.7. The molecule has 0 spiro atoms. The second-order valence-corrected chi connectivity index (χ2v) is 11.1. The average molecular weight is 436 g/mol. The zero-order valence-electron chi connectivity index (χ0n) is 17.1. The fourth-order valence-electron chi connectivity index (χ4n) is 3.76. The van der Waals surface area contributed by atoms with E-state index in [0.29, 0.717) is 5.56 Å². The van der Waals surface area contributed by atoms with E-state index in [1.54, 1.807) is 12.1 Å². The molecular weight excluding hydrogens is 406 g/mol. The number of carbonyl (C=O) groups is 1. The molecule has 0 aliphatic heterocycles. The smallest absolute Gasteiger partial charge is 0.234 e. The number of nitrogens with one attached hydrogen (secondary N) is 1. The second kappa shape index (κ2) is 9.80. The van der Waals surface area contributed by atoms with Crippen molar-refractivity contribution in [3.8, 4) is 0 Å². The molecule has 1 aliphatic rings. The van der Waals surface area contributed by atoms with Crippen molar-refractivity contribution in [1.82, 2.24) is 10.2 Å². The molecule has 29 heavy (non-hydrogen) atoms. The number of hydrogen-bond acceptors (Lipinski definition) is 6. The quantitative estimate of drug-likeness (QED) is 0.604. The van der Waals surface area contributed by atoms with E-state index >= 15 is 0 Å². The summed E-state index contributed by atoms with van der Waals surface area (Å²) in [4.78, 5) is 12.5. The number of unbranched alkanes of at least 4 members (excludes halogenated alkanes) is 1. The Morgan fingerprint density at radius 1 is 1.14 bits per heavy atom. The first-order valence-electron chi connectivity index (χ1n) is 10.3. The van der Waals surface area contributed by atoms with Crippen molar-refractivity contribution < 1.29 is 13.2 Å². The van der Waals surface area contributed by atoms with Gasteiger partial charge >= 0.3 is 0 Å². The van der Waals surface area contributed by atoms with E-state index in [4.69, 9.17) is 0 Å². The second-order valence-electron chi connectivity index (χ2n) is 7.97. The van der Waals surface area contributed by atoms with E-state index in [0.717, 1.165) is 48.5 Å². The highest BCUT2D eigenvalue weighted by molar-refractivity contribution is 7.92. The van der Waals surface area contributed by atoms with Crippen molar-refractivity contribution in [2.45, 2.75) is 68.9 Å². The van der Waals surface area contributed by atoms with Crippen LogP contribution < -0.4 is 5.32 Å². The lowest BCUT2D eigenvalue weighted by atomic mass is 9.79. The highest BCUT2D eigenvalue weighted by Gasteiger charge is 2.27. The lowest BCUT2D eigenvalue weighted by Crippen LogP contribution is -2.27. The van der Waals surface area contributed by atoms with Crippen LogP contribution in [0.2, 0.25) is 0 Å². The lowest BCUT2D eigenvalue weighted by molar-refractivity contribution is -0.121. The van der Waals surface area contributed by atoms with Crippen molar-refractivity contribution in [2.75, 3.05) is 5.32 Å². The maximum absolute atomic E-state index is 12.6. The SMILES string of the molecule is CCCCC1CCC(C(=O)Nc2nnc(S(=O)(=O)Cc3ccc(C)cc3)s2)CC1. The van der Waals surface area contributed by atoms with Crippen LogP contribution in [0.4, 0.5) is 5.13 Å². The highest BCUT2D eigenvalue weighted by Crippen LogP contribution is 2.33. The Hall–Kier alpha value is -1.80. The van der Waals surface area contributed by atoms with E-state index in [1.165, 1.54) is 19.3 Å². The van der Waals surface area contributed by atoms with Crippen molar-refractivity contribution in [3.05, 3.63) is 35.4 Å². The molecule has 1 aromatic carbocycles. The summed E-state index contributed by atoms with van der Waals surface area (Å²) >= 11 is 0.924. The van der Waals surface area contributed by atoms with E-state index in [-0.39, 0.29) is 27.0 Å². The summed E-state index contributed by atoms with van der Waals surface area (Å²) in [5, 5.41) is 10.7. The molecule has 1 amide bonds. The summed E-state index contributed by atoms with van der Waals surface area (Å²) in [5.41, 5.74) is 1.78. The van der Waals surface area contributed by atoms with Crippen molar-refractivity contribution in [3.63, 3.8) is 0 Å². The topological polar surface area (TPSA) is 89.0 Å². The molecule has 3 rings (SSSR count). The Morgan fingerprint density at radius 3 is 2.48 bits per heavy atom. The Balaban J connectivity index is 1.55. The zero-order chi connectivity index (χ0) is 20.9. The first-order chi connectivity index (χ1) is 13.9. The van der Waals surface area contributed by atoms with Gasteiger partial charge in [0.1, 0.15) is 0 Å². The van der Waals surface area contributed by atoms with Gasteiger partial charge in [-0.2, -0.15) is 0 Å². The third kappa shape index (κ3) is 6.09. The van der Waals surface area contributed by atoms with Crippen LogP contribution in [-0.4, -0.2) is 24.5 Å². The van der Waals surface area contributed by atoms with Gasteiger partial charge < -0.3 is 5.32 Å². The first-order valence-corrected chi connectivity index (χ1v) is 12.8. The Bertz CT molecular complexity index is 915. The molecule has 0 atom stereocenters. The van der Waals surface area contributed by atoms with Gasteiger partial charge in [-0.3, -0.25) is 4.79 Å². The monoisotopic (exact) mass is 435 g/mol. The molecule has 1 saturated carbocycles. The molecule has 0 bridgehead atoms. The fourth-order valence-corrected chi connectivity index (χ4v) is 6.09. The van der Waals surface area contributed by atoms with Crippen molar-refractivity contribution in [2.24, 2.45) is 11.8 Å². The maximum atomic E-state index is 12.6. The molecule has 8 heteroatoms. The number of carbonyl (C=O) groups excluding carboxylic acids is 1. The van der Waals surface area contributed by atoms with Gasteiger partial charge in [0.25, 0.3) is 0 Å². The molecule has 1 aromatic heterocycles. The van der Waals surface area contributed by atoms with Gasteiger partial charge in [0.15, 0.2) is 0 Å². The largest absolute Gasteiger partial charge is 0.300 e. The van der Waals surface area contributed by atoms with E-state index in [2.05, 4.69) is 22.4 Å². The molecule has 1 N–H and O–H groups in total. The van der Waals surface area contributed by atoms with Gasteiger partial charge in [0, 0.05) is 5.92 Å². The minimum Gasteiger partial charge on any atom is -0.300 e. The number of aromatic nitrogens is 2. The van der Waals surface area contributed by atoms with Gasteiger partial charge in [-0.1, -0.05) is 67.4 Å². The molecule has 1 fully saturated rings. The number of benzene rings is 1. The normalized spacial score (nSPS) is 19.8. The van der Waals surface area contributed by atoms with Gasteiger partial charge in [-0.05, 0) is 44.1 Å². The van der Waals surface area contributed by atoms with E-state index in [1.807, 2.05) is 19.1 Å². The van der Waals surface area contributed by atoms with Gasteiger partial charge in [0.2, 0.25) is 25.2 Å². The van der Waals surface area contributed by atoms with Crippen LogP contribution in [0.1, 0.15) is 63.0 Å². The number of aryl methyl sites for hydroxylation is 1. The van der Waals surface area contributed by atoms with Crippen LogP contribution in [0.5, 0.6) is 0 Å². The number of anilines is 1. The molecule has 6 nitrogen and oxygen atoms in total. The number of hydrogen-bond donors (Lipinski definition) is 1. The fraction of sp³-hybridized carbons (Fsp3) is 0.571. The molecular formula is C21H29N3O3S2. The summed E-state index contributed by atoms with van der Waals surface area (Å²) in [6.45, 7) is 4.16. The summed E-state index contributed by atoms with van der Waals surface area (Å²) in [7, 11) is -3.59. The van der Waals surface area contributed by atoms with Gasteiger partial charge in [-0.25, -0.2) is 8.42 Å². The molecule has 0 radical (unpaired) electrons. The lowest BCUT2D eigenvalue weighted by Gasteiger charge is -2.27. The standard InChI is InChI=1S/C21H29N3O3S2/c1-3-4-5-16-10-12-18(13-11-16)19(25)22-20-23-24-21(28-20)29(26,27)14-17-8-6-15(2)7-9-17/h6-9,16,18H,3-5,10-14H2,1-2H3,(H,22,23,25).